The Morgan fingerprint density at radius 3 is 2.25 bits per heavy atom. The molecule has 7 nitrogen and oxygen atoms in total. The molecule has 7 heteroatoms. The third kappa shape index (κ3) is 3.63. The average Bonchev–Trinajstić information content (AvgIpc) is 3.65. The molecule has 0 atom stereocenters. The highest BCUT2D eigenvalue weighted by Crippen LogP contribution is 2.37. The summed E-state index contributed by atoms with van der Waals surface area (Å²) in [6.45, 7) is 2.10. The van der Waals surface area contributed by atoms with Crippen molar-refractivity contribution in [3.63, 3.8) is 0 Å². The Morgan fingerprint density at radius 2 is 1.39 bits per heavy atom. The highest BCUT2D eigenvalue weighted by atomic mass is 16.5. The van der Waals surface area contributed by atoms with E-state index in [-0.39, 0.29) is 0 Å². The Bertz CT molecular complexity index is 2550. The van der Waals surface area contributed by atoms with E-state index in [9.17, 15) is 0 Å². The van der Waals surface area contributed by atoms with E-state index in [1.165, 1.54) is 0 Å². The van der Waals surface area contributed by atoms with Gasteiger partial charge in [0.1, 0.15) is 17.3 Å². The van der Waals surface area contributed by atoms with E-state index in [4.69, 9.17) is 14.8 Å². The third-order valence-corrected chi connectivity index (χ3v) is 8.31. The van der Waals surface area contributed by atoms with Gasteiger partial charge >= 0.3 is 0 Å². The summed E-state index contributed by atoms with van der Waals surface area (Å²) in [5.74, 6) is 2.97. The fraction of sp³-hybridized carbons (Fsp3) is 0.0270. The van der Waals surface area contributed by atoms with Crippen LogP contribution in [-0.2, 0) is 0 Å². The van der Waals surface area contributed by atoms with Gasteiger partial charge < -0.3 is 4.74 Å². The Hall–Kier alpha value is -6.08. The molecule has 0 saturated heterocycles. The minimum atomic E-state index is 0.635. The predicted octanol–water partition coefficient (Wildman–Crippen LogP) is 8.69. The van der Waals surface area contributed by atoms with Crippen molar-refractivity contribution in [3.05, 3.63) is 133 Å². The number of nitrogens with zero attached hydrogens (tertiary/aromatic N) is 6. The van der Waals surface area contributed by atoms with E-state index in [0.29, 0.717) is 11.5 Å². The monoisotopic (exact) mass is 568 g/mol. The van der Waals surface area contributed by atoms with Gasteiger partial charge in [0.25, 0.3) is 0 Å². The van der Waals surface area contributed by atoms with Gasteiger partial charge in [0, 0.05) is 34.0 Å². The van der Waals surface area contributed by atoms with Crippen LogP contribution in [0.15, 0.2) is 128 Å². The van der Waals surface area contributed by atoms with Crippen molar-refractivity contribution in [2.45, 2.75) is 6.92 Å². The van der Waals surface area contributed by atoms with Gasteiger partial charge in [-0.3, -0.25) is 14.0 Å². The van der Waals surface area contributed by atoms with Crippen LogP contribution in [0.4, 0.5) is 0 Å². The zero-order valence-electron chi connectivity index (χ0n) is 23.7. The molecule has 44 heavy (non-hydrogen) atoms. The molecule has 0 aliphatic carbocycles. The van der Waals surface area contributed by atoms with Crippen LogP contribution < -0.4 is 4.74 Å². The smallest absolute Gasteiger partial charge is 0.169 e. The minimum absolute atomic E-state index is 0.635. The molecule has 0 fully saturated rings. The van der Waals surface area contributed by atoms with Crippen molar-refractivity contribution < 1.29 is 4.74 Å². The highest BCUT2D eigenvalue weighted by Gasteiger charge is 2.18. The molecule has 0 aliphatic rings. The van der Waals surface area contributed by atoms with Crippen LogP contribution in [0.1, 0.15) is 5.56 Å². The SMILES string of the molecule is Cc1ccccc1-c1nnc2c3cc(Oc4cnc5c6ccccc6n(-c6ccccn6)c5c4)ccc3c3ccccc3n12. The lowest BCUT2D eigenvalue weighted by Crippen LogP contribution is -1.97. The number of hydrogen-bond donors (Lipinski definition) is 0. The molecule has 0 bridgehead atoms. The van der Waals surface area contributed by atoms with Gasteiger partial charge in [-0.05, 0) is 60.3 Å². The van der Waals surface area contributed by atoms with Crippen molar-refractivity contribution >= 4 is 49.3 Å². The summed E-state index contributed by atoms with van der Waals surface area (Å²) in [4.78, 5) is 9.48. The lowest BCUT2D eigenvalue weighted by atomic mass is 10.0. The molecule has 0 unspecified atom stereocenters. The van der Waals surface area contributed by atoms with E-state index in [1.807, 2.05) is 60.7 Å². The maximum atomic E-state index is 6.50. The zero-order valence-corrected chi connectivity index (χ0v) is 23.7. The number of aryl methyl sites for hydroxylation is 1. The summed E-state index contributed by atoms with van der Waals surface area (Å²) in [5, 5.41) is 13.6. The molecule has 0 spiro atoms. The van der Waals surface area contributed by atoms with Gasteiger partial charge in [-0.1, -0.05) is 66.7 Å². The Labute approximate surface area is 251 Å². The summed E-state index contributed by atoms with van der Waals surface area (Å²) in [6, 6.07) is 39.0. The van der Waals surface area contributed by atoms with Crippen LogP contribution in [-0.4, -0.2) is 29.1 Å². The van der Waals surface area contributed by atoms with Crippen LogP contribution in [0, 0.1) is 6.92 Å². The lowest BCUT2D eigenvalue weighted by molar-refractivity contribution is 0.482. The number of para-hydroxylation sites is 2. The number of aromatic nitrogens is 6. The largest absolute Gasteiger partial charge is 0.456 e. The summed E-state index contributed by atoms with van der Waals surface area (Å²) in [5.41, 5.74) is 6.92. The molecule has 0 aliphatic heterocycles. The van der Waals surface area contributed by atoms with E-state index < -0.39 is 0 Å². The number of fused-ring (bicyclic) bond motifs is 9. The highest BCUT2D eigenvalue weighted by molar-refractivity contribution is 6.12. The first-order chi connectivity index (χ1) is 21.7. The van der Waals surface area contributed by atoms with Crippen LogP contribution >= 0.6 is 0 Å². The number of ether oxygens (including phenoxy) is 1. The van der Waals surface area contributed by atoms with Crippen LogP contribution in [0.5, 0.6) is 11.5 Å². The number of benzene rings is 4. The molecule has 208 valence electrons. The molecular formula is C37H24N6O. The predicted molar refractivity (Wildman–Crippen MR) is 175 cm³/mol. The molecule has 9 aromatic rings. The Kier molecular flexibility index (Phi) is 5.28. The lowest BCUT2D eigenvalue weighted by Gasteiger charge is -2.12. The van der Waals surface area contributed by atoms with Gasteiger partial charge in [0.2, 0.25) is 0 Å². The number of hydrogen-bond acceptors (Lipinski definition) is 5. The van der Waals surface area contributed by atoms with Crippen molar-refractivity contribution in [1.29, 1.82) is 0 Å². The summed E-state index contributed by atoms with van der Waals surface area (Å²) in [7, 11) is 0. The van der Waals surface area contributed by atoms with Crippen molar-refractivity contribution in [2.75, 3.05) is 0 Å². The third-order valence-electron chi connectivity index (χ3n) is 8.31. The van der Waals surface area contributed by atoms with Crippen LogP contribution in [0.3, 0.4) is 0 Å². The van der Waals surface area contributed by atoms with Gasteiger partial charge in [0.05, 0.1) is 28.3 Å². The van der Waals surface area contributed by atoms with E-state index >= 15 is 0 Å². The fourth-order valence-electron chi connectivity index (χ4n) is 6.32. The van der Waals surface area contributed by atoms with Crippen molar-refractivity contribution in [2.24, 2.45) is 0 Å². The first kappa shape index (κ1) is 24.5. The second kappa shape index (κ2) is 9.47. The minimum Gasteiger partial charge on any atom is -0.456 e. The second-order valence-corrected chi connectivity index (χ2v) is 10.9. The topological polar surface area (TPSA) is 70.1 Å². The Morgan fingerprint density at radius 1 is 0.591 bits per heavy atom. The molecule has 4 aromatic carbocycles. The second-order valence-electron chi connectivity index (χ2n) is 10.9. The van der Waals surface area contributed by atoms with Crippen molar-refractivity contribution in [3.8, 4) is 28.7 Å². The standard InChI is InChI=1S/C37H24N6O/c1-23-10-2-3-11-26(23)36-40-41-37-30-20-24(17-18-27(30)28-12-4-6-14-31(28)43(36)37)44-25-21-33-35(39-22-25)29-13-5-7-15-32(29)42(33)34-16-8-9-19-38-34/h2-22H,1H3. The quantitative estimate of drug-likeness (QED) is 0.199. The van der Waals surface area contributed by atoms with E-state index in [0.717, 1.165) is 72.0 Å². The summed E-state index contributed by atoms with van der Waals surface area (Å²) in [6.07, 6.45) is 3.59. The molecular weight excluding hydrogens is 544 g/mol. The maximum Gasteiger partial charge on any atom is 0.169 e. The first-order valence-electron chi connectivity index (χ1n) is 14.5. The Balaban J connectivity index is 1.22. The van der Waals surface area contributed by atoms with Crippen molar-refractivity contribution in [1.82, 2.24) is 29.1 Å². The van der Waals surface area contributed by atoms with Gasteiger partial charge in [0.15, 0.2) is 11.5 Å². The average molecular weight is 569 g/mol. The molecule has 5 heterocycles. The van der Waals surface area contributed by atoms with E-state index in [2.05, 4.69) is 80.6 Å². The normalized spacial score (nSPS) is 11.8. The summed E-state index contributed by atoms with van der Waals surface area (Å²) >= 11 is 0. The first-order valence-corrected chi connectivity index (χ1v) is 14.5. The van der Waals surface area contributed by atoms with Gasteiger partial charge in [-0.25, -0.2) is 4.98 Å². The molecule has 0 saturated carbocycles. The van der Waals surface area contributed by atoms with Gasteiger partial charge in [-0.15, -0.1) is 10.2 Å². The molecule has 0 radical (unpaired) electrons. The molecule has 9 rings (SSSR count). The van der Waals surface area contributed by atoms with E-state index in [1.54, 1.807) is 12.4 Å². The summed E-state index contributed by atoms with van der Waals surface area (Å²) < 4.78 is 10.8. The molecule has 0 N–H and O–H groups in total. The zero-order chi connectivity index (χ0) is 29.2. The van der Waals surface area contributed by atoms with Gasteiger partial charge in [-0.2, -0.15) is 0 Å². The van der Waals surface area contributed by atoms with Crippen LogP contribution in [0.25, 0.3) is 66.5 Å². The fourth-order valence-corrected chi connectivity index (χ4v) is 6.32. The maximum absolute atomic E-state index is 6.50. The number of rotatable bonds is 4. The van der Waals surface area contributed by atoms with Crippen LogP contribution in [0.2, 0.25) is 0 Å². The molecule has 5 aromatic heterocycles. The number of pyridine rings is 3. The molecule has 0 amide bonds.